The van der Waals surface area contributed by atoms with Crippen molar-refractivity contribution in [3.8, 4) is 0 Å². The molecular weight excluding hydrogens is 168 g/mol. The van der Waals surface area contributed by atoms with Gasteiger partial charge in [0.25, 0.3) is 0 Å². The molecule has 4 nitrogen and oxygen atoms in total. The van der Waals surface area contributed by atoms with Crippen molar-refractivity contribution in [2.45, 2.75) is 6.42 Å². The van der Waals surface area contributed by atoms with Crippen molar-refractivity contribution in [3.63, 3.8) is 0 Å². The Morgan fingerprint density at radius 1 is 1.38 bits per heavy atom. The van der Waals surface area contributed by atoms with E-state index in [-0.39, 0.29) is 5.91 Å². The Labute approximate surface area is 79.4 Å². The minimum absolute atomic E-state index is 0.221. The van der Waals surface area contributed by atoms with E-state index in [1.54, 1.807) is 19.0 Å². The average Bonchev–Trinajstić information content (AvgIpc) is 2.15. The lowest BCUT2D eigenvalue weighted by atomic mass is 10.3. The fourth-order valence-corrected chi connectivity index (χ4v) is 1.42. The second kappa shape index (κ2) is 5.19. The molecule has 0 aromatic rings. The van der Waals surface area contributed by atoms with Crippen molar-refractivity contribution >= 4 is 5.91 Å². The van der Waals surface area contributed by atoms with Crippen molar-refractivity contribution < 1.29 is 14.4 Å². The highest BCUT2D eigenvalue weighted by molar-refractivity contribution is 5.75. The van der Waals surface area contributed by atoms with Gasteiger partial charge in [0.2, 0.25) is 5.91 Å². The Bertz CT molecular complexity index is 165. The molecule has 1 saturated heterocycles. The van der Waals surface area contributed by atoms with Gasteiger partial charge in [-0.3, -0.25) is 4.79 Å². The van der Waals surface area contributed by atoms with Crippen LogP contribution in [-0.4, -0.2) is 57.8 Å². The molecule has 1 rings (SSSR count). The molecule has 0 saturated carbocycles. The zero-order chi connectivity index (χ0) is 9.68. The first kappa shape index (κ1) is 10.5. The summed E-state index contributed by atoms with van der Waals surface area (Å²) >= 11 is 0. The van der Waals surface area contributed by atoms with Crippen LogP contribution in [0, 0.1) is 0 Å². The standard InChI is InChI=1S/C9H18N2O2/c1-10(2)9(12)3-4-11-5-7-13-8-6-11/h3-8H2,1-2H3/p+1. The molecule has 76 valence electrons. The van der Waals surface area contributed by atoms with E-state index in [1.807, 2.05) is 0 Å². The van der Waals surface area contributed by atoms with Crippen LogP contribution in [0.3, 0.4) is 0 Å². The molecule has 0 radical (unpaired) electrons. The summed E-state index contributed by atoms with van der Waals surface area (Å²) in [6.45, 7) is 4.71. The number of ether oxygens (including phenoxy) is 1. The second-order valence-electron chi connectivity index (χ2n) is 3.65. The largest absolute Gasteiger partial charge is 0.370 e. The topological polar surface area (TPSA) is 34.0 Å². The van der Waals surface area contributed by atoms with Crippen molar-refractivity contribution in [1.82, 2.24) is 4.90 Å². The van der Waals surface area contributed by atoms with E-state index in [1.165, 1.54) is 4.90 Å². The molecule has 0 aromatic carbocycles. The maximum absolute atomic E-state index is 11.3. The van der Waals surface area contributed by atoms with Crippen LogP contribution in [-0.2, 0) is 9.53 Å². The normalized spacial score (nSPS) is 18.6. The van der Waals surface area contributed by atoms with Crippen LogP contribution in [0.25, 0.3) is 0 Å². The summed E-state index contributed by atoms with van der Waals surface area (Å²) in [4.78, 5) is 14.4. The van der Waals surface area contributed by atoms with Gasteiger partial charge >= 0.3 is 0 Å². The van der Waals surface area contributed by atoms with Crippen LogP contribution in [0.15, 0.2) is 0 Å². The molecule has 1 heterocycles. The number of quaternary nitrogens is 1. The highest BCUT2D eigenvalue weighted by Crippen LogP contribution is 1.84. The summed E-state index contributed by atoms with van der Waals surface area (Å²) in [5.41, 5.74) is 0. The summed E-state index contributed by atoms with van der Waals surface area (Å²) in [5.74, 6) is 0.221. The Morgan fingerprint density at radius 2 is 2.00 bits per heavy atom. The monoisotopic (exact) mass is 187 g/mol. The molecule has 4 heteroatoms. The Balaban J connectivity index is 2.13. The predicted molar refractivity (Wildman–Crippen MR) is 49.7 cm³/mol. The molecule has 1 N–H and O–H groups in total. The van der Waals surface area contributed by atoms with Gasteiger partial charge in [0.05, 0.1) is 26.2 Å². The third-order valence-corrected chi connectivity index (χ3v) is 2.39. The summed E-state index contributed by atoms with van der Waals surface area (Å²) in [7, 11) is 3.61. The number of rotatable bonds is 3. The molecule has 0 atom stereocenters. The molecule has 1 aliphatic heterocycles. The smallest absolute Gasteiger partial charge is 0.227 e. The Kier molecular flexibility index (Phi) is 4.18. The number of hydrogen-bond donors (Lipinski definition) is 1. The van der Waals surface area contributed by atoms with E-state index < -0.39 is 0 Å². The molecule has 0 bridgehead atoms. The first-order chi connectivity index (χ1) is 6.20. The first-order valence-electron chi connectivity index (χ1n) is 4.81. The zero-order valence-corrected chi connectivity index (χ0v) is 8.51. The van der Waals surface area contributed by atoms with E-state index in [0.717, 1.165) is 32.8 Å². The summed E-state index contributed by atoms with van der Waals surface area (Å²) in [5, 5.41) is 0. The van der Waals surface area contributed by atoms with Gasteiger partial charge in [-0.05, 0) is 0 Å². The van der Waals surface area contributed by atoms with Gasteiger partial charge in [-0.1, -0.05) is 0 Å². The van der Waals surface area contributed by atoms with Gasteiger partial charge < -0.3 is 14.5 Å². The van der Waals surface area contributed by atoms with Gasteiger partial charge in [0.15, 0.2) is 0 Å². The van der Waals surface area contributed by atoms with E-state index in [4.69, 9.17) is 4.74 Å². The second-order valence-corrected chi connectivity index (χ2v) is 3.65. The van der Waals surface area contributed by atoms with Crippen molar-refractivity contribution in [2.24, 2.45) is 0 Å². The predicted octanol–water partition coefficient (Wildman–Crippen LogP) is -1.62. The highest BCUT2D eigenvalue weighted by Gasteiger charge is 2.15. The van der Waals surface area contributed by atoms with Gasteiger partial charge in [-0.15, -0.1) is 0 Å². The van der Waals surface area contributed by atoms with Crippen LogP contribution < -0.4 is 4.90 Å². The van der Waals surface area contributed by atoms with Crippen molar-refractivity contribution in [2.75, 3.05) is 46.9 Å². The number of amides is 1. The minimum atomic E-state index is 0.221. The molecule has 13 heavy (non-hydrogen) atoms. The van der Waals surface area contributed by atoms with E-state index in [2.05, 4.69) is 0 Å². The summed E-state index contributed by atoms with van der Waals surface area (Å²) < 4.78 is 5.24. The van der Waals surface area contributed by atoms with Gasteiger partial charge in [0, 0.05) is 14.1 Å². The van der Waals surface area contributed by atoms with Gasteiger partial charge in [0.1, 0.15) is 13.1 Å². The minimum Gasteiger partial charge on any atom is -0.370 e. The lowest BCUT2D eigenvalue weighted by Crippen LogP contribution is -3.14. The molecule has 1 aliphatic rings. The Morgan fingerprint density at radius 3 is 2.54 bits per heavy atom. The lowest BCUT2D eigenvalue weighted by molar-refractivity contribution is -0.907. The molecule has 0 aromatic heterocycles. The summed E-state index contributed by atoms with van der Waals surface area (Å²) in [6, 6.07) is 0. The molecule has 0 aliphatic carbocycles. The highest BCUT2D eigenvalue weighted by atomic mass is 16.5. The maximum atomic E-state index is 11.3. The zero-order valence-electron chi connectivity index (χ0n) is 8.51. The number of morpholine rings is 1. The average molecular weight is 187 g/mol. The SMILES string of the molecule is CN(C)C(=O)CC[NH+]1CCOCC1. The first-order valence-corrected chi connectivity index (χ1v) is 4.81. The third-order valence-electron chi connectivity index (χ3n) is 2.39. The van der Waals surface area contributed by atoms with Crippen LogP contribution in [0.4, 0.5) is 0 Å². The van der Waals surface area contributed by atoms with Gasteiger partial charge in [-0.2, -0.15) is 0 Å². The molecular formula is C9H19N2O2+. The third kappa shape index (κ3) is 3.74. The molecule has 1 amide bonds. The fourth-order valence-electron chi connectivity index (χ4n) is 1.42. The van der Waals surface area contributed by atoms with Crippen LogP contribution in [0.2, 0.25) is 0 Å². The quantitative estimate of drug-likeness (QED) is 0.576. The van der Waals surface area contributed by atoms with E-state index in [0.29, 0.717) is 6.42 Å². The number of carbonyl (C=O) groups excluding carboxylic acids is 1. The maximum Gasteiger partial charge on any atom is 0.227 e. The van der Waals surface area contributed by atoms with E-state index in [9.17, 15) is 4.79 Å². The van der Waals surface area contributed by atoms with Crippen LogP contribution in [0.5, 0.6) is 0 Å². The lowest BCUT2D eigenvalue weighted by Gasteiger charge is -2.23. The van der Waals surface area contributed by atoms with Crippen LogP contribution in [0.1, 0.15) is 6.42 Å². The van der Waals surface area contributed by atoms with Crippen molar-refractivity contribution in [3.05, 3.63) is 0 Å². The van der Waals surface area contributed by atoms with Crippen molar-refractivity contribution in [1.29, 1.82) is 0 Å². The van der Waals surface area contributed by atoms with Crippen LogP contribution >= 0.6 is 0 Å². The number of hydrogen-bond acceptors (Lipinski definition) is 2. The number of carbonyl (C=O) groups is 1. The summed E-state index contributed by atoms with van der Waals surface area (Å²) in [6.07, 6.45) is 0.655. The molecule has 0 spiro atoms. The molecule has 0 unspecified atom stereocenters. The Hall–Kier alpha value is -0.610. The fraction of sp³-hybridized carbons (Fsp3) is 0.889. The number of nitrogens with one attached hydrogen (secondary N) is 1. The van der Waals surface area contributed by atoms with E-state index >= 15 is 0 Å². The number of nitrogens with zero attached hydrogens (tertiary/aromatic N) is 1. The van der Waals surface area contributed by atoms with Gasteiger partial charge in [-0.25, -0.2) is 0 Å². The molecule has 1 fully saturated rings.